The Morgan fingerprint density at radius 1 is 0.387 bits per heavy atom. The van der Waals surface area contributed by atoms with Gasteiger partial charge in [0.1, 0.15) is 0 Å². The Balaban J connectivity index is 0.945. The summed E-state index contributed by atoms with van der Waals surface area (Å²) in [4.78, 5) is 0. The Morgan fingerprint density at radius 2 is 0.887 bits per heavy atom. The summed E-state index contributed by atoms with van der Waals surface area (Å²) in [7, 11) is 0. The number of rotatable bonds is 5. The van der Waals surface area contributed by atoms with Gasteiger partial charge in [0.25, 0.3) is 0 Å². The Morgan fingerprint density at radius 3 is 1.52 bits per heavy atom. The first-order chi connectivity index (χ1) is 30.7. The number of nitrogens with zero attached hydrogens (tertiary/aromatic N) is 2. The maximum absolute atomic E-state index is 3.94. The van der Waals surface area contributed by atoms with Gasteiger partial charge in [0.15, 0.2) is 0 Å². The van der Waals surface area contributed by atoms with Gasteiger partial charge in [-0.2, -0.15) is 0 Å². The Labute approximate surface area is 360 Å². The lowest BCUT2D eigenvalue weighted by atomic mass is 9.98. The van der Waals surface area contributed by atoms with Crippen LogP contribution in [0.1, 0.15) is 70.5 Å². The molecule has 5 nitrogen and oxygen atoms in total. The van der Waals surface area contributed by atoms with E-state index in [2.05, 4.69) is 213 Å². The van der Waals surface area contributed by atoms with Crippen LogP contribution >= 0.6 is 0 Å². The van der Waals surface area contributed by atoms with Crippen molar-refractivity contribution >= 4 is 66.3 Å². The third kappa shape index (κ3) is 5.74. The molecule has 2 aliphatic carbocycles. The van der Waals surface area contributed by atoms with E-state index >= 15 is 0 Å². The second-order valence-electron chi connectivity index (χ2n) is 17.3. The molecule has 2 aromatic heterocycles. The van der Waals surface area contributed by atoms with Crippen LogP contribution in [-0.4, -0.2) is 9.13 Å². The van der Waals surface area contributed by atoms with E-state index in [1.54, 1.807) is 0 Å². The summed E-state index contributed by atoms with van der Waals surface area (Å²) in [5.41, 5.74) is 14.1. The van der Waals surface area contributed by atoms with Crippen molar-refractivity contribution < 1.29 is 0 Å². The second-order valence-corrected chi connectivity index (χ2v) is 17.3. The van der Waals surface area contributed by atoms with E-state index in [1.165, 1.54) is 105 Å². The molecule has 0 saturated carbocycles. The average molecular weight is 800 g/mol. The number of benzene rings is 8. The highest BCUT2D eigenvalue weighted by Crippen LogP contribution is 2.41. The number of hydrogen-bond donors (Lipinski definition) is 3. The van der Waals surface area contributed by atoms with Gasteiger partial charge in [0, 0.05) is 44.7 Å². The van der Waals surface area contributed by atoms with Gasteiger partial charge in [-0.05, 0) is 123 Å². The molecule has 5 heteroatoms. The fraction of sp³-hybridized carbons (Fsp3) is 0.123. The Hall–Kier alpha value is -7.02. The smallest absolute Gasteiger partial charge is 0.0870 e. The number of aromatic nitrogens is 2. The summed E-state index contributed by atoms with van der Waals surface area (Å²) in [6.07, 6.45) is 13.4. The minimum Gasteiger partial charge on any atom is -0.313 e. The van der Waals surface area contributed by atoms with Crippen LogP contribution in [0.25, 0.3) is 77.7 Å². The molecule has 10 aromatic rings. The van der Waals surface area contributed by atoms with Gasteiger partial charge in [-0.1, -0.05) is 140 Å². The molecule has 298 valence electrons. The van der Waals surface area contributed by atoms with Crippen LogP contribution in [0.4, 0.5) is 0 Å². The number of allylic oxidation sites excluding steroid dienone is 2. The van der Waals surface area contributed by atoms with Crippen LogP contribution in [0.15, 0.2) is 176 Å². The molecule has 0 bridgehead atoms. The van der Waals surface area contributed by atoms with Gasteiger partial charge < -0.3 is 9.13 Å². The molecule has 1 fully saturated rings. The molecule has 62 heavy (non-hydrogen) atoms. The molecule has 0 radical (unpaired) electrons. The van der Waals surface area contributed by atoms with E-state index in [-0.39, 0.29) is 18.5 Å². The van der Waals surface area contributed by atoms with Gasteiger partial charge in [-0.25, -0.2) is 0 Å². The quantitative estimate of drug-likeness (QED) is 0.162. The first-order valence-corrected chi connectivity index (χ1v) is 22.1. The van der Waals surface area contributed by atoms with Gasteiger partial charge in [0.2, 0.25) is 0 Å². The number of fused-ring (bicyclic) bond motifs is 9. The van der Waals surface area contributed by atoms with Crippen molar-refractivity contribution in [1.82, 2.24) is 25.1 Å². The first kappa shape index (κ1) is 35.7. The van der Waals surface area contributed by atoms with Crippen LogP contribution in [0, 0.1) is 0 Å². The summed E-state index contributed by atoms with van der Waals surface area (Å²) in [5.74, 6) is 0. The zero-order valence-corrected chi connectivity index (χ0v) is 34.4. The van der Waals surface area contributed by atoms with E-state index in [9.17, 15) is 0 Å². The molecule has 3 aliphatic rings. The molecular formula is C57H45N5. The molecule has 2 unspecified atom stereocenters. The maximum atomic E-state index is 3.94. The van der Waals surface area contributed by atoms with Crippen molar-refractivity contribution in [3.05, 3.63) is 215 Å². The van der Waals surface area contributed by atoms with Crippen molar-refractivity contribution in [2.75, 3.05) is 0 Å². The average Bonchev–Trinajstić information content (AvgIpc) is 3.84. The van der Waals surface area contributed by atoms with Crippen molar-refractivity contribution in [3.8, 4) is 11.4 Å². The van der Waals surface area contributed by atoms with Gasteiger partial charge in [-0.3, -0.25) is 16.0 Å². The van der Waals surface area contributed by atoms with Crippen molar-refractivity contribution in [1.29, 1.82) is 0 Å². The van der Waals surface area contributed by atoms with Crippen LogP contribution < -0.4 is 16.0 Å². The fourth-order valence-electron chi connectivity index (χ4n) is 10.8. The van der Waals surface area contributed by atoms with Crippen LogP contribution in [-0.2, 0) is 12.8 Å². The summed E-state index contributed by atoms with van der Waals surface area (Å²) in [6, 6.07) is 60.7. The highest BCUT2D eigenvalue weighted by atomic mass is 15.4. The second kappa shape index (κ2) is 14.3. The highest BCUT2D eigenvalue weighted by molar-refractivity contribution is 6.05. The van der Waals surface area contributed by atoms with Crippen molar-refractivity contribution in [2.24, 2.45) is 0 Å². The van der Waals surface area contributed by atoms with Crippen LogP contribution in [0.5, 0.6) is 0 Å². The topological polar surface area (TPSA) is 46.0 Å². The molecule has 13 rings (SSSR count). The van der Waals surface area contributed by atoms with E-state index in [1.807, 2.05) is 0 Å². The van der Waals surface area contributed by atoms with Gasteiger partial charge in [0.05, 0.1) is 29.5 Å². The Bertz CT molecular complexity index is 3410. The summed E-state index contributed by atoms with van der Waals surface area (Å²) in [5, 5.41) is 21.9. The van der Waals surface area contributed by atoms with Gasteiger partial charge >= 0.3 is 0 Å². The molecule has 1 aliphatic heterocycles. The molecule has 3 N–H and O–H groups in total. The summed E-state index contributed by atoms with van der Waals surface area (Å²) >= 11 is 0. The Kier molecular flexibility index (Phi) is 8.23. The maximum Gasteiger partial charge on any atom is 0.0870 e. The molecule has 8 aromatic carbocycles. The van der Waals surface area contributed by atoms with E-state index in [0.717, 1.165) is 25.7 Å². The van der Waals surface area contributed by atoms with E-state index in [0.29, 0.717) is 0 Å². The predicted molar refractivity (Wildman–Crippen MR) is 258 cm³/mol. The number of hydrogen-bond acceptors (Lipinski definition) is 3. The normalized spacial score (nSPS) is 18.5. The zero-order chi connectivity index (χ0) is 40.7. The van der Waals surface area contributed by atoms with Crippen LogP contribution in [0.3, 0.4) is 0 Å². The largest absolute Gasteiger partial charge is 0.313 e. The standard InChI is InChI=1S/C57H45N5/c1-3-14-37(15-4-1)55-58-56(38-16-5-2-6-17-38)60-57(59-55)47-23-13-20-36-26-28-44(35-48(36)47)62-52-25-12-10-22-46(52)50-32-42-30-43(29-27-41(42)34-54(50)62)61-51-24-11-9-21-45(51)49-31-39-18-7-8-19-40(39)33-53(49)61/h1-10,13-23,26-35,55-60H,11-12,24-25H2. The molecule has 1 saturated heterocycles. The molecular weight excluding hydrogens is 755 g/mol. The van der Waals surface area contributed by atoms with Crippen molar-refractivity contribution in [3.63, 3.8) is 0 Å². The predicted octanol–water partition coefficient (Wildman–Crippen LogP) is 13.1. The van der Waals surface area contributed by atoms with Crippen LogP contribution in [0.2, 0.25) is 0 Å². The first-order valence-electron chi connectivity index (χ1n) is 22.1. The van der Waals surface area contributed by atoms with E-state index in [4.69, 9.17) is 0 Å². The molecule has 2 atom stereocenters. The van der Waals surface area contributed by atoms with Gasteiger partial charge in [-0.15, -0.1) is 0 Å². The lowest BCUT2D eigenvalue weighted by molar-refractivity contribution is 0.204. The van der Waals surface area contributed by atoms with E-state index < -0.39 is 0 Å². The van der Waals surface area contributed by atoms with Crippen molar-refractivity contribution in [2.45, 2.75) is 44.2 Å². The lowest BCUT2D eigenvalue weighted by Gasteiger charge is -2.40. The SMILES string of the molecule is C1=Cc2c(n(-c3ccc4cc5c(cc4c3)c3c(n5-c4ccc5cccc(C6NC(c7ccccc7)NC(c7ccccc7)N6)c5c4)CCC=C3)c3cc4ccccc4cc23)CC1. The third-order valence-electron chi connectivity index (χ3n) is 13.7. The minimum absolute atomic E-state index is 0.0366. The monoisotopic (exact) mass is 799 g/mol. The molecule has 3 heterocycles. The highest BCUT2D eigenvalue weighted by Gasteiger charge is 2.31. The summed E-state index contributed by atoms with van der Waals surface area (Å²) in [6.45, 7) is 0. The summed E-state index contributed by atoms with van der Waals surface area (Å²) < 4.78 is 5.08. The fourth-order valence-corrected chi connectivity index (χ4v) is 10.8. The zero-order valence-electron chi connectivity index (χ0n) is 34.4. The number of nitrogens with one attached hydrogen (secondary N) is 3. The molecule has 0 amide bonds. The third-order valence-corrected chi connectivity index (χ3v) is 13.7. The minimum atomic E-state index is -0.0974. The molecule has 0 spiro atoms. The lowest BCUT2D eigenvalue weighted by Crippen LogP contribution is -2.54.